The molecule has 1 aromatic rings. The number of rotatable bonds is 0. The molecule has 0 saturated heterocycles. The molecule has 1 nitrogen and oxygen atoms in total. The van der Waals surface area contributed by atoms with Crippen LogP contribution in [0.2, 0.25) is 0 Å². The molecule has 1 aliphatic heterocycles. The van der Waals surface area contributed by atoms with Crippen LogP contribution in [0.15, 0.2) is 24.3 Å². The summed E-state index contributed by atoms with van der Waals surface area (Å²) in [6, 6.07) is 9.49. The molecule has 0 aromatic heterocycles. The predicted octanol–water partition coefficient (Wildman–Crippen LogP) is 2.20. The average Bonchev–Trinajstić information content (AvgIpc) is 2.25. The molecule has 0 spiro atoms. The quantitative estimate of drug-likeness (QED) is 0.513. The van der Waals surface area contributed by atoms with Gasteiger partial charge in [-0.1, -0.05) is 18.2 Å². The molecular weight excluding hydrogens is 146 g/mol. The van der Waals surface area contributed by atoms with Gasteiger partial charge >= 0.3 is 0 Å². The standard InChI is InChI=1S/C11H16N/c1-9-8-10-6-4-5-7-11(10)12(9,2)3/h4-7,9H,8H2,1-3H3/q+1/t9-/m1/s1. The van der Waals surface area contributed by atoms with Crippen molar-refractivity contribution in [2.45, 2.75) is 19.4 Å². The van der Waals surface area contributed by atoms with Crippen molar-refractivity contribution in [3.05, 3.63) is 29.8 Å². The maximum absolute atomic E-state index is 2.32. The van der Waals surface area contributed by atoms with Crippen LogP contribution in [0.5, 0.6) is 0 Å². The Bertz CT molecular complexity index is 302. The van der Waals surface area contributed by atoms with Gasteiger partial charge in [0.15, 0.2) is 0 Å². The molecule has 1 aromatic carbocycles. The molecule has 0 saturated carbocycles. The maximum Gasteiger partial charge on any atom is 0.136 e. The number of likely N-dealkylation sites (N-methyl/N-ethyl adjacent to an activating group) is 1. The van der Waals surface area contributed by atoms with Gasteiger partial charge in [-0.2, -0.15) is 0 Å². The van der Waals surface area contributed by atoms with E-state index in [4.69, 9.17) is 0 Å². The Morgan fingerprint density at radius 3 is 2.58 bits per heavy atom. The third-order valence-electron chi connectivity index (χ3n) is 3.23. The molecule has 1 atom stereocenters. The summed E-state index contributed by atoms with van der Waals surface area (Å²) in [5.74, 6) is 0. The first-order chi connectivity index (χ1) is 5.62. The summed E-state index contributed by atoms with van der Waals surface area (Å²) >= 11 is 0. The Morgan fingerprint density at radius 1 is 1.25 bits per heavy atom. The minimum Gasteiger partial charge on any atom is -0.293 e. The zero-order chi connectivity index (χ0) is 8.77. The molecule has 1 aliphatic rings. The second kappa shape index (κ2) is 2.33. The van der Waals surface area contributed by atoms with Crippen molar-refractivity contribution in [1.29, 1.82) is 0 Å². The van der Waals surface area contributed by atoms with Crippen molar-refractivity contribution in [3.63, 3.8) is 0 Å². The molecule has 64 valence electrons. The highest BCUT2D eigenvalue weighted by Crippen LogP contribution is 2.35. The van der Waals surface area contributed by atoms with Crippen molar-refractivity contribution in [2.24, 2.45) is 0 Å². The Balaban J connectivity index is 2.55. The van der Waals surface area contributed by atoms with E-state index in [1.54, 1.807) is 0 Å². The Hall–Kier alpha value is -0.820. The van der Waals surface area contributed by atoms with Crippen LogP contribution < -0.4 is 4.48 Å². The fourth-order valence-electron chi connectivity index (χ4n) is 2.03. The summed E-state index contributed by atoms with van der Waals surface area (Å²) in [6.45, 7) is 2.32. The van der Waals surface area contributed by atoms with E-state index >= 15 is 0 Å². The number of hydrogen-bond donors (Lipinski definition) is 0. The molecule has 0 unspecified atom stereocenters. The lowest BCUT2D eigenvalue weighted by Gasteiger charge is -2.29. The van der Waals surface area contributed by atoms with Crippen LogP contribution in [0.4, 0.5) is 5.69 Å². The van der Waals surface area contributed by atoms with Gasteiger partial charge in [0.25, 0.3) is 0 Å². The van der Waals surface area contributed by atoms with Gasteiger partial charge in [-0.15, -0.1) is 0 Å². The lowest BCUT2D eigenvalue weighted by molar-refractivity contribution is 0.337. The fraction of sp³-hybridized carbons (Fsp3) is 0.455. The summed E-state index contributed by atoms with van der Waals surface area (Å²) in [5, 5.41) is 0. The summed E-state index contributed by atoms with van der Waals surface area (Å²) in [4.78, 5) is 0. The third kappa shape index (κ3) is 0.896. The van der Waals surface area contributed by atoms with Gasteiger partial charge in [-0.3, -0.25) is 4.48 Å². The van der Waals surface area contributed by atoms with Crippen LogP contribution >= 0.6 is 0 Å². The molecule has 0 radical (unpaired) electrons. The lowest BCUT2D eigenvalue weighted by atomic mass is 10.1. The molecule has 0 amide bonds. The van der Waals surface area contributed by atoms with Crippen LogP contribution in [0.1, 0.15) is 12.5 Å². The van der Waals surface area contributed by atoms with E-state index in [1.807, 2.05) is 0 Å². The van der Waals surface area contributed by atoms with Gasteiger partial charge in [0, 0.05) is 12.0 Å². The lowest BCUT2D eigenvalue weighted by Crippen LogP contribution is -2.45. The van der Waals surface area contributed by atoms with E-state index in [9.17, 15) is 0 Å². The average molecular weight is 162 g/mol. The van der Waals surface area contributed by atoms with Crippen molar-refractivity contribution >= 4 is 5.69 Å². The number of hydrogen-bond acceptors (Lipinski definition) is 0. The summed E-state index contributed by atoms with van der Waals surface area (Å²) < 4.78 is 1.04. The van der Waals surface area contributed by atoms with E-state index in [0.29, 0.717) is 0 Å². The normalized spacial score (nSPS) is 25.4. The van der Waals surface area contributed by atoms with E-state index in [1.165, 1.54) is 17.7 Å². The van der Waals surface area contributed by atoms with Gasteiger partial charge in [0.05, 0.1) is 20.1 Å². The van der Waals surface area contributed by atoms with Crippen LogP contribution in [0.25, 0.3) is 0 Å². The van der Waals surface area contributed by atoms with Crippen LogP contribution in [-0.4, -0.2) is 20.1 Å². The fourth-order valence-corrected chi connectivity index (χ4v) is 2.03. The van der Waals surface area contributed by atoms with E-state index < -0.39 is 0 Å². The van der Waals surface area contributed by atoms with Crippen molar-refractivity contribution < 1.29 is 0 Å². The van der Waals surface area contributed by atoms with Crippen molar-refractivity contribution in [3.8, 4) is 0 Å². The van der Waals surface area contributed by atoms with E-state index in [-0.39, 0.29) is 0 Å². The molecule has 0 N–H and O–H groups in total. The zero-order valence-corrected chi connectivity index (χ0v) is 8.04. The van der Waals surface area contributed by atoms with E-state index in [0.717, 1.165) is 10.5 Å². The zero-order valence-electron chi connectivity index (χ0n) is 8.04. The third-order valence-corrected chi connectivity index (χ3v) is 3.23. The van der Waals surface area contributed by atoms with Gasteiger partial charge in [-0.05, 0) is 13.0 Å². The van der Waals surface area contributed by atoms with Crippen LogP contribution in [-0.2, 0) is 6.42 Å². The monoisotopic (exact) mass is 162 g/mol. The minimum absolute atomic E-state index is 0.724. The largest absolute Gasteiger partial charge is 0.293 e. The molecule has 12 heavy (non-hydrogen) atoms. The Labute approximate surface area is 74.2 Å². The van der Waals surface area contributed by atoms with Gasteiger partial charge < -0.3 is 0 Å². The highest BCUT2D eigenvalue weighted by atomic mass is 15.3. The predicted molar refractivity (Wildman–Crippen MR) is 53.3 cm³/mol. The highest BCUT2D eigenvalue weighted by Gasteiger charge is 2.36. The SMILES string of the molecule is C[C@@H]1Cc2ccccc2[N+]1(C)C. The van der Waals surface area contributed by atoms with Crippen molar-refractivity contribution in [1.82, 2.24) is 4.48 Å². The maximum atomic E-state index is 2.32. The number of quaternary nitrogens is 1. The first-order valence-electron chi connectivity index (χ1n) is 4.54. The summed E-state index contributed by atoms with van der Waals surface area (Å²) in [7, 11) is 4.58. The Kier molecular flexibility index (Phi) is 1.52. The highest BCUT2D eigenvalue weighted by molar-refractivity contribution is 5.54. The molecule has 1 heteroatoms. The minimum atomic E-state index is 0.724. The molecule has 0 bridgehead atoms. The van der Waals surface area contributed by atoms with Crippen LogP contribution in [0.3, 0.4) is 0 Å². The first kappa shape index (κ1) is 7.81. The number of nitrogens with zero attached hydrogens (tertiary/aromatic N) is 1. The number of benzene rings is 1. The van der Waals surface area contributed by atoms with Crippen LogP contribution in [0, 0.1) is 0 Å². The topological polar surface area (TPSA) is 0 Å². The summed E-state index contributed by atoms with van der Waals surface area (Å²) in [6.07, 6.45) is 1.23. The van der Waals surface area contributed by atoms with E-state index in [2.05, 4.69) is 45.3 Å². The molecule has 2 rings (SSSR count). The Morgan fingerprint density at radius 2 is 1.92 bits per heavy atom. The smallest absolute Gasteiger partial charge is 0.136 e. The number of fused-ring (bicyclic) bond motifs is 1. The molecule has 1 heterocycles. The van der Waals surface area contributed by atoms with Crippen molar-refractivity contribution in [2.75, 3.05) is 14.1 Å². The molecular formula is C11H16N+. The van der Waals surface area contributed by atoms with Gasteiger partial charge in [-0.25, -0.2) is 0 Å². The molecule has 0 fully saturated rings. The second-order valence-corrected chi connectivity index (χ2v) is 4.22. The van der Waals surface area contributed by atoms with Gasteiger partial charge in [0.1, 0.15) is 5.69 Å². The van der Waals surface area contributed by atoms with Gasteiger partial charge in [0.2, 0.25) is 0 Å². The number of para-hydroxylation sites is 1. The summed E-state index contributed by atoms with van der Waals surface area (Å²) in [5.41, 5.74) is 3.01. The second-order valence-electron chi connectivity index (χ2n) is 4.22. The first-order valence-corrected chi connectivity index (χ1v) is 4.54. The molecule has 0 aliphatic carbocycles.